The van der Waals surface area contributed by atoms with Crippen LogP contribution in [0.2, 0.25) is 0 Å². The first-order valence-corrected chi connectivity index (χ1v) is 8.11. The van der Waals surface area contributed by atoms with Crippen LogP contribution in [0.15, 0.2) is 24.3 Å². The van der Waals surface area contributed by atoms with Gasteiger partial charge in [0.2, 0.25) is 0 Å². The molecule has 1 aromatic carbocycles. The fraction of sp³-hybridized carbons (Fsp3) is 0.529. The Hall–Kier alpha value is -1.19. The molecule has 4 aliphatic rings. The van der Waals surface area contributed by atoms with Crippen LogP contribution >= 0.6 is 11.6 Å². The number of likely N-dealkylation sites (N-methyl/N-ethyl adjacent to an activating group) is 1. The number of phenolic OH excluding ortho intramolecular Hbond substituents is 1. The maximum Gasteiger partial charge on any atom is 0.166 e. The quantitative estimate of drug-likeness (QED) is 0.590. The lowest BCUT2D eigenvalue weighted by atomic mass is 9.53. The summed E-state index contributed by atoms with van der Waals surface area (Å²) in [4.78, 5) is 2.45. The average Bonchev–Trinajstić information content (AvgIpc) is 2.81. The molecule has 2 aliphatic heterocycles. The molecule has 0 radical (unpaired) electrons. The predicted octanol–water partition coefficient (Wildman–Crippen LogP) is 2.44. The summed E-state index contributed by atoms with van der Waals surface area (Å²) < 4.78 is 6.18. The highest BCUT2D eigenvalue weighted by molar-refractivity contribution is 6.22. The Morgan fingerprint density at radius 2 is 2.24 bits per heavy atom. The van der Waals surface area contributed by atoms with Gasteiger partial charge in [0.15, 0.2) is 11.5 Å². The summed E-state index contributed by atoms with van der Waals surface area (Å²) in [6.07, 6.45) is 6.28. The summed E-state index contributed by atoms with van der Waals surface area (Å²) >= 11 is 6.72. The molecule has 1 fully saturated rings. The Morgan fingerprint density at radius 3 is 3.10 bits per heavy atom. The summed E-state index contributed by atoms with van der Waals surface area (Å²) in [7, 11) is 2.20. The minimum absolute atomic E-state index is 0.0241. The molecule has 0 aromatic heterocycles. The van der Waals surface area contributed by atoms with E-state index >= 15 is 0 Å². The van der Waals surface area contributed by atoms with Gasteiger partial charge in [-0.2, -0.15) is 0 Å². The number of phenols is 1. The second-order valence-corrected chi connectivity index (χ2v) is 7.39. The van der Waals surface area contributed by atoms with E-state index in [4.69, 9.17) is 16.3 Å². The molecular weight excluding hydrogens is 286 g/mol. The van der Waals surface area contributed by atoms with Crippen molar-refractivity contribution in [2.75, 3.05) is 13.6 Å². The van der Waals surface area contributed by atoms with E-state index in [1.54, 1.807) is 6.07 Å². The number of ether oxygens (including phenoxy) is 1. The minimum Gasteiger partial charge on any atom is -0.504 e. The summed E-state index contributed by atoms with van der Waals surface area (Å²) in [5.74, 6) is 1.34. The first-order chi connectivity index (χ1) is 10.1. The Morgan fingerprint density at radius 1 is 1.38 bits per heavy atom. The molecule has 5 atom stereocenters. The van der Waals surface area contributed by atoms with Crippen molar-refractivity contribution >= 4 is 11.6 Å². The van der Waals surface area contributed by atoms with Gasteiger partial charge >= 0.3 is 0 Å². The molecule has 1 spiro atoms. The molecule has 0 saturated carbocycles. The molecule has 1 saturated heterocycles. The lowest BCUT2D eigenvalue weighted by Gasteiger charge is -2.57. The monoisotopic (exact) mass is 303 g/mol. The number of aromatic hydroxyl groups is 1. The highest BCUT2D eigenvalue weighted by Gasteiger charge is 2.64. The number of rotatable bonds is 0. The van der Waals surface area contributed by atoms with E-state index in [0.29, 0.717) is 17.7 Å². The number of hydrogen-bond donors (Lipinski definition) is 1. The minimum atomic E-state index is -0.0417. The first kappa shape index (κ1) is 12.4. The number of benzene rings is 1. The van der Waals surface area contributed by atoms with E-state index in [1.165, 1.54) is 11.1 Å². The average molecular weight is 304 g/mol. The van der Waals surface area contributed by atoms with Crippen molar-refractivity contribution in [2.24, 2.45) is 5.92 Å². The third kappa shape index (κ3) is 1.27. The smallest absolute Gasteiger partial charge is 0.166 e. The van der Waals surface area contributed by atoms with Crippen molar-refractivity contribution in [3.05, 3.63) is 35.4 Å². The number of alkyl halides is 1. The molecule has 0 amide bonds. The maximum absolute atomic E-state index is 10.2. The van der Waals surface area contributed by atoms with Gasteiger partial charge < -0.3 is 14.7 Å². The van der Waals surface area contributed by atoms with Gasteiger partial charge in [0.25, 0.3) is 0 Å². The van der Waals surface area contributed by atoms with Crippen LogP contribution in [0.4, 0.5) is 0 Å². The van der Waals surface area contributed by atoms with Gasteiger partial charge in [-0.05, 0) is 44.1 Å². The Kier molecular flexibility index (Phi) is 2.22. The van der Waals surface area contributed by atoms with E-state index in [0.717, 1.165) is 19.4 Å². The van der Waals surface area contributed by atoms with Crippen LogP contribution in [0.3, 0.4) is 0 Å². The van der Waals surface area contributed by atoms with Crippen molar-refractivity contribution in [3.8, 4) is 11.5 Å². The Labute approximate surface area is 129 Å². The molecule has 2 aliphatic carbocycles. The van der Waals surface area contributed by atoms with Crippen LogP contribution < -0.4 is 4.74 Å². The molecular formula is C17H18ClNO2. The van der Waals surface area contributed by atoms with Crippen molar-refractivity contribution in [3.63, 3.8) is 0 Å². The topological polar surface area (TPSA) is 32.7 Å². The van der Waals surface area contributed by atoms with Crippen LogP contribution in [-0.2, 0) is 11.8 Å². The van der Waals surface area contributed by atoms with Gasteiger partial charge in [-0.25, -0.2) is 0 Å². The summed E-state index contributed by atoms with van der Waals surface area (Å²) in [5.41, 5.74) is 2.54. The first-order valence-electron chi connectivity index (χ1n) is 7.67. The molecule has 5 rings (SSSR count). The van der Waals surface area contributed by atoms with Crippen molar-refractivity contribution in [1.29, 1.82) is 0 Å². The zero-order chi connectivity index (χ0) is 14.4. The molecule has 21 heavy (non-hydrogen) atoms. The maximum atomic E-state index is 10.2. The number of hydrogen-bond acceptors (Lipinski definition) is 3. The number of nitrogens with zero attached hydrogens (tertiary/aromatic N) is 1. The highest BCUT2D eigenvalue weighted by Crippen LogP contribution is 2.62. The standard InChI is InChI=1S/C17H18ClNO2/c1-19-7-6-17-13-5-3-10(18)15(17)11(19)8-9-2-4-12(20)16(21-13)14(9)17/h2-5,10-11,13,15,20H,6-8H2,1H3/t10?,11-,13+,15?,17-/m1/s1. The SMILES string of the molecule is CN1CC[C@]23c4c5ccc(O)c4O[C@H]2C=CC(Cl)C3[C@H]1C5. The van der Waals surface area contributed by atoms with E-state index in [9.17, 15) is 5.11 Å². The van der Waals surface area contributed by atoms with Gasteiger partial charge in [-0.1, -0.05) is 12.1 Å². The van der Waals surface area contributed by atoms with Crippen LogP contribution in [0.25, 0.3) is 0 Å². The zero-order valence-corrected chi connectivity index (χ0v) is 12.7. The zero-order valence-electron chi connectivity index (χ0n) is 11.9. The summed E-state index contributed by atoms with van der Waals surface area (Å²) in [6.45, 7) is 1.06. The Balaban J connectivity index is 1.85. The second kappa shape index (κ2) is 3.76. The number of likely N-dealkylation sites (tertiary alicyclic amines) is 1. The number of allylic oxidation sites excluding steroid dienone is 1. The van der Waals surface area contributed by atoms with Gasteiger partial charge in [-0.15, -0.1) is 11.6 Å². The van der Waals surface area contributed by atoms with Crippen LogP contribution in [0.1, 0.15) is 17.5 Å². The lowest BCUT2D eigenvalue weighted by molar-refractivity contribution is -0.00201. The fourth-order valence-corrected chi connectivity index (χ4v) is 5.74. The molecule has 110 valence electrons. The van der Waals surface area contributed by atoms with Gasteiger partial charge in [-0.3, -0.25) is 0 Å². The molecule has 4 heteroatoms. The molecule has 2 bridgehead atoms. The lowest BCUT2D eigenvalue weighted by Crippen LogP contribution is -2.65. The van der Waals surface area contributed by atoms with Crippen LogP contribution in [0, 0.1) is 5.92 Å². The number of halogens is 1. The molecule has 1 N–H and O–H groups in total. The van der Waals surface area contributed by atoms with E-state index < -0.39 is 0 Å². The van der Waals surface area contributed by atoms with E-state index in [2.05, 4.69) is 30.2 Å². The molecule has 1 aromatic rings. The third-order valence-corrected chi connectivity index (χ3v) is 6.55. The van der Waals surface area contributed by atoms with Gasteiger partial charge in [0.05, 0.1) is 5.38 Å². The van der Waals surface area contributed by atoms with E-state index in [1.807, 2.05) is 0 Å². The number of piperidine rings is 1. The summed E-state index contributed by atoms with van der Waals surface area (Å²) in [5, 5.41) is 10.3. The second-order valence-electron chi connectivity index (χ2n) is 6.88. The van der Waals surface area contributed by atoms with Crippen LogP contribution in [0.5, 0.6) is 11.5 Å². The van der Waals surface area contributed by atoms with Crippen molar-refractivity contribution < 1.29 is 9.84 Å². The van der Waals surface area contributed by atoms with Crippen molar-refractivity contribution in [2.45, 2.75) is 35.8 Å². The van der Waals surface area contributed by atoms with Crippen LogP contribution in [-0.4, -0.2) is 41.1 Å². The molecule has 2 unspecified atom stereocenters. The normalized spacial score (nSPS) is 42.6. The molecule has 3 nitrogen and oxygen atoms in total. The summed E-state index contributed by atoms with van der Waals surface area (Å²) in [6, 6.07) is 4.31. The molecule has 2 heterocycles. The van der Waals surface area contributed by atoms with Gasteiger partial charge in [0, 0.05) is 22.9 Å². The Bertz CT molecular complexity index is 673. The van der Waals surface area contributed by atoms with Crippen molar-refractivity contribution in [1.82, 2.24) is 4.90 Å². The highest BCUT2D eigenvalue weighted by atomic mass is 35.5. The predicted molar refractivity (Wildman–Crippen MR) is 81.2 cm³/mol. The largest absolute Gasteiger partial charge is 0.504 e. The third-order valence-electron chi connectivity index (χ3n) is 6.14. The fourth-order valence-electron chi connectivity index (χ4n) is 5.26. The van der Waals surface area contributed by atoms with Gasteiger partial charge in [0.1, 0.15) is 6.10 Å². The van der Waals surface area contributed by atoms with E-state index in [-0.39, 0.29) is 22.6 Å².